The van der Waals surface area contributed by atoms with Gasteiger partial charge in [-0.05, 0) is 26.0 Å². The van der Waals surface area contributed by atoms with Gasteiger partial charge in [-0.3, -0.25) is 4.99 Å². The highest BCUT2D eigenvalue weighted by Crippen LogP contribution is 2.32. The van der Waals surface area contributed by atoms with Crippen molar-refractivity contribution in [3.63, 3.8) is 0 Å². The summed E-state index contributed by atoms with van der Waals surface area (Å²) in [4.78, 5) is 6.94. The molecular weight excluding hydrogens is 222 g/mol. The smallest absolute Gasteiger partial charge is 0.134 e. The molecule has 0 atom stereocenters. The van der Waals surface area contributed by atoms with Crippen molar-refractivity contribution in [3.05, 3.63) is 29.8 Å². The number of nitrogens with zero attached hydrogens (tertiary/aromatic N) is 2. The van der Waals surface area contributed by atoms with E-state index in [2.05, 4.69) is 53.3 Å². The average Bonchev–Trinajstić information content (AvgIpc) is 2.66. The van der Waals surface area contributed by atoms with Crippen molar-refractivity contribution in [2.45, 2.75) is 19.5 Å². The van der Waals surface area contributed by atoms with Gasteiger partial charge < -0.3 is 10.2 Å². The Labute approximate surface area is 102 Å². The van der Waals surface area contributed by atoms with Crippen molar-refractivity contribution in [2.24, 2.45) is 4.99 Å². The van der Waals surface area contributed by atoms with Crippen LogP contribution in [0.5, 0.6) is 0 Å². The number of nitrogens with one attached hydrogen (secondary N) is 1. The highest BCUT2D eigenvalue weighted by molar-refractivity contribution is 6.06. The number of benzene rings is 1. The largest absolute Gasteiger partial charge is 0.362 e. The first-order chi connectivity index (χ1) is 7.18. The van der Waals surface area contributed by atoms with Gasteiger partial charge in [0.1, 0.15) is 11.5 Å². The van der Waals surface area contributed by atoms with Crippen molar-refractivity contribution in [3.8, 4) is 0 Å². The summed E-state index contributed by atoms with van der Waals surface area (Å²) in [6, 6.07) is 8.38. The van der Waals surface area contributed by atoms with Gasteiger partial charge >= 0.3 is 0 Å². The zero-order chi connectivity index (χ0) is 10.5. The SMILES string of the molecule is CC1(C)Nc2ccccc2C2=NCCN21.Cl. The van der Waals surface area contributed by atoms with Crippen molar-refractivity contribution >= 4 is 23.9 Å². The Morgan fingerprint density at radius 1 is 1.31 bits per heavy atom. The van der Waals surface area contributed by atoms with Gasteiger partial charge in [0.05, 0.1) is 6.54 Å². The molecule has 0 bridgehead atoms. The Bertz CT molecular complexity index is 440. The number of fused-ring (bicyclic) bond motifs is 3. The fourth-order valence-corrected chi connectivity index (χ4v) is 2.41. The summed E-state index contributed by atoms with van der Waals surface area (Å²) in [6.45, 7) is 6.33. The Kier molecular flexibility index (Phi) is 2.58. The lowest BCUT2D eigenvalue weighted by Crippen LogP contribution is -2.54. The molecule has 0 amide bonds. The van der Waals surface area contributed by atoms with Crippen LogP contribution in [0.15, 0.2) is 29.3 Å². The molecule has 1 aromatic carbocycles. The van der Waals surface area contributed by atoms with Gasteiger partial charge in [-0.2, -0.15) is 0 Å². The van der Waals surface area contributed by atoms with Crippen LogP contribution in [0, 0.1) is 0 Å². The first-order valence-corrected chi connectivity index (χ1v) is 5.38. The molecule has 0 spiro atoms. The summed E-state index contributed by atoms with van der Waals surface area (Å²) in [5, 5.41) is 3.55. The molecule has 86 valence electrons. The van der Waals surface area contributed by atoms with Gasteiger partial charge in [-0.25, -0.2) is 0 Å². The molecule has 0 aliphatic carbocycles. The number of hydrogen-bond acceptors (Lipinski definition) is 3. The normalized spacial score (nSPS) is 20.1. The molecule has 3 nitrogen and oxygen atoms in total. The van der Waals surface area contributed by atoms with Gasteiger partial charge in [0, 0.05) is 17.8 Å². The summed E-state index contributed by atoms with van der Waals surface area (Å²) in [6.07, 6.45) is 0. The second kappa shape index (κ2) is 3.67. The molecule has 1 aromatic rings. The number of halogens is 1. The van der Waals surface area contributed by atoms with E-state index in [9.17, 15) is 0 Å². The second-order valence-electron chi connectivity index (χ2n) is 4.59. The number of anilines is 1. The molecule has 0 fully saturated rings. The first kappa shape index (κ1) is 11.3. The van der Waals surface area contributed by atoms with Crippen LogP contribution in [0.3, 0.4) is 0 Å². The third-order valence-corrected chi connectivity index (χ3v) is 3.12. The molecule has 2 aliphatic heterocycles. The Morgan fingerprint density at radius 3 is 2.88 bits per heavy atom. The molecule has 2 aliphatic rings. The minimum atomic E-state index is -0.0241. The van der Waals surface area contributed by atoms with E-state index in [0.29, 0.717) is 0 Å². The molecule has 1 N–H and O–H groups in total. The van der Waals surface area contributed by atoms with E-state index in [0.717, 1.165) is 18.9 Å². The zero-order valence-corrected chi connectivity index (χ0v) is 10.3. The van der Waals surface area contributed by atoms with Crippen molar-refractivity contribution in [1.82, 2.24) is 4.90 Å². The highest BCUT2D eigenvalue weighted by Gasteiger charge is 2.37. The van der Waals surface area contributed by atoms with E-state index in [1.54, 1.807) is 0 Å². The minimum absolute atomic E-state index is 0. The second-order valence-corrected chi connectivity index (χ2v) is 4.59. The minimum Gasteiger partial charge on any atom is -0.362 e. The van der Waals surface area contributed by atoms with Crippen LogP contribution in [0.2, 0.25) is 0 Å². The fourth-order valence-electron chi connectivity index (χ4n) is 2.41. The predicted octanol–water partition coefficient (Wildman–Crippen LogP) is 2.33. The lowest BCUT2D eigenvalue weighted by Gasteiger charge is -2.43. The van der Waals surface area contributed by atoms with Crippen LogP contribution < -0.4 is 5.32 Å². The maximum absolute atomic E-state index is 4.60. The van der Waals surface area contributed by atoms with Crippen LogP contribution in [0.25, 0.3) is 0 Å². The summed E-state index contributed by atoms with van der Waals surface area (Å²) in [5.41, 5.74) is 2.40. The van der Waals surface area contributed by atoms with Crippen LogP contribution in [-0.4, -0.2) is 29.5 Å². The summed E-state index contributed by atoms with van der Waals surface area (Å²) in [7, 11) is 0. The molecule has 16 heavy (non-hydrogen) atoms. The van der Waals surface area contributed by atoms with Gasteiger partial charge in [0.15, 0.2) is 0 Å². The van der Waals surface area contributed by atoms with Gasteiger partial charge in [0.2, 0.25) is 0 Å². The molecule has 0 unspecified atom stereocenters. The Morgan fingerprint density at radius 2 is 2.06 bits per heavy atom. The third kappa shape index (κ3) is 1.47. The lowest BCUT2D eigenvalue weighted by atomic mass is 10.0. The first-order valence-electron chi connectivity index (χ1n) is 5.38. The molecule has 4 heteroatoms. The average molecular weight is 238 g/mol. The maximum Gasteiger partial charge on any atom is 0.134 e. The van der Waals surface area contributed by atoms with E-state index in [1.165, 1.54) is 11.3 Å². The molecular formula is C12H16ClN3. The zero-order valence-electron chi connectivity index (χ0n) is 9.53. The predicted molar refractivity (Wildman–Crippen MR) is 69.5 cm³/mol. The van der Waals surface area contributed by atoms with E-state index in [-0.39, 0.29) is 18.1 Å². The third-order valence-electron chi connectivity index (χ3n) is 3.12. The molecule has 0 saturated carbocycles. The van der Waals surface area contributed by atoms with Crippen LogP contribution in [-0.2, 0) is 0 Å². The van der Waals surface area contributed by atoms with Gasteiger partial charge in [0.25, 0.3) is 0 Å². The summed E-state index contributed by atoms with van der Waals surface area (Å²) in [5.74, 6) is 1.15. The van der Waals surface area contributed by atoms with E-state index in [4.69, 9.17) is 0 Å². The standard InChI is InChI=1S/C12H15N3.ClH/c1-12(2)14-10-6-4-3-5-9(10)11-13-7-8-15(11)12;/h3-6,14H,7-8H2,1-2H3;1H. The van der Waals surface area contributed by atoms with Crippen LogP contribution in [0.1, 0.15) is 19.4 Å². The van der Waals surface area contributed by atoms with E-state index in [1.807, 2.05) is 0 Å². The molecule has 0 radical (unpaired) electrons. The number of para-hydroxylation sites is 1. The van der Waals surface area contributed by atoms with Crippen molar-refractivity contribution in [1.29, 1.82) is 0 Å². The van der Waals surface area contributed by atoms with Gasteiger partial charge in [-0.1, -0.05) is 12.1 Å². The highest BCUT2D eigenvalue weighted by atomic mass is 35.5. The van der Waals surface area contributed by atoms with Crippen LogP contribution in [0.4, 0.5) is 5.69 Å². The van der Waals surface area contributed by atoms with E-state index < -0.39 is 0 Å². The lowest BCUT2D eigenvalue weighted by molar-refractivity contribution is 0.263. The number of aliphatic imine (C=N–C) groups is 1. The summed E-state index contributed by atoms with van der Waals surface area (Å²) >= 11 is 0. The number of hydrogen-bond donors (Lipinski definition) is 1. The topological polar surface area (TPSA) is 27.6 Å². The molecule has 2 heterocycles. The monoisotopic (exact) mass is 237 g/mol. The number of amidine groups is 1. The quantitative estimate of drug-likeness (QED) is 0.750. The molecule has 3 rings (SSSR count). The molecule has 0 aromatic heterocycles. The Balaban J connectivity index is 0.000000963. The van der Waals surface area contributed by atoms with Crippen molar-refractivity contribution in [2.75, 3.05) is 18.4 Å². The van der Waals surface area contributed by atoms with Crippen LogP contribution >= 0.6 is 12.4 Å². The fraction of sp³-hybridized carbons (Fsp3) is 0.417. The summed E-state index contributed by atoms with van der Waals surface area (Å²) < 4.78 is 0. The Hall–Kier alpha value is -1.22. The van der Waals surface area contributed by atoms with E-state index >= 15 is 0 Å². The van der Waals surface area contributed by atoms with Crippen molar-refractivity contribution < 1.29 is 0 Å². The number of rotatable bonds is 0. The maximum atomic E-state index is 4.60. The molecule has 0 saturated heterocycles. The van der Waals surface area contributed by atoms with Gasteiger partial charge in [-0.15, -0.1) is 12.4 Å².